The van der Waals surface area contributed by atoms with E-state index in [0.717, 1.165) is 6.07 Å². The molecule has 0 spiro atoms. The zero-order valence-corrected chi connectivity index (χ0v) is 11.9. The number of nitrogens with zero attached hydrogens (tertiary/aromatic N) is 1. The van der Waals surface area contributed by atoms with Crippen LogP contribution in [0.1, 0.15) is 20.3 Å². The van der Waals surface area contributed by atoms with E-state index < -0.39 is 11.6 Å². The molecule has 1 amide bonds. The van der Waals surface area contributed by atoms with Crippen LogP contribution in [0.25, 0.3) is 11.3 Å². The van der Waals surface area contributed by atoms with Crippen LogP contribution >= 0.6 is 11.3 Å². The molecule has 2 aromatic rings. The molecule has 0 fully saturated rings. The van der Waals surface area contributed by atoms with Crippen molar-refractivity contribution in [3.63, 3.8) is 0 Å². The average molecular weight is 296 g/mol. The zero-order chi connectivity index (χ0) is 14.7. The molecule has 1 aromatic heterocycles. The summed E-state index contributed by atoms with van der Waals surface area (Å²) in [6.07, 6.45) is 0.403. The van der Waals surface area contributed by atoms with Crippen LogP contribution in [0.3, 0.4) is 0 Å². The third kappa shape index (κ3) is 3.60. The van der Waals surface area contributed by atoms with Gasteiger partial charge >= 0.3 is 0 Å². The first kappa shape index (κ1) is 14.6. The normalized spacial score (nSPS) is 10.8. The summed E-state index contributed by atoms with van der Waals surface area (Å²) in [7, 11) is 0. The van der Waals surface area contributed by atoms with Crippen molar-refractivity contribution in [2.24, 2.45) is 5.92 Å². The predicted molar refractivity (Wildman–Crippen MR) is 75.6 cm³/mol. The molecule has 0 saturated heterocycles. The average Bonchev–Trinajstić information content (AvgIpc) is 2.75. The van der Waals surface area contributed by atoms with Crippen LogP contribution in [0.4, 0.5) is 13.9 Å². The summed E-state index contributed by atoms with van der Waals surface area (Å²) in [5.41, 5.74) is 0.597. The number of carbonyl (C=O) groups is 1. The summed E-state index contributed by atoms with van der Waals surface area (Å²) in [4.78, 5) is 15.8. The van der Waals surface area contributed by atoms with Gasteiger partial charge in [-0.05, 0) is 18.1 Å². The Hall–Kier alpha value is -1.82. The molecule has 0 aliphatic carbocycles. The molecule has 1 heterocycles. The second kappa shape index (κ2) is 6.09. The molecule has 0 saturated carbocycles. The summed E-state index contributed by atoms with van der Waals surface area (Å²) in [6.45, 7) is 3.89. The van der Waals surface area contributed by atoms with E-state index in [0.29, 0.717) is 17.2 Å². The van der Waals surface area contributed by atoms with E-state index in [-0.39, 0.29) is 17.4 Å². The summed E-state index contributed by atoms with van der Waals surface area (Å²) < 4.78 is 26.5. The first-order chi connectivity index (χ1) is 9.45. The van der Waals surface area contributed by atoms with Crippen LogP contribution in [0.15, 0.2) is 23.6 Å². The van der Waals surface area contributed by atoms with Gasteiger partial charge in [-0.25, -0.2) is 13.8 Å². The van der Waals surface area contributed by atoms with Gasteiger partial charge in [0.05, 0.1) is 5.69 Å². The Balaban J connectivity index is 2.14. The Bertz CT molecular complexity index is 625. The van der Waals surface area contributed by atoms with Gasteiger partial charge in [-0.15, -0.1) is 11.3 Å². The SMILES string of the molecule is CC(C)CC(=O)Nc1nc(-c2ccc(F)cc2F)cs1. The molecule has 106 valence electrons. The lowest BCUT2D eigenvalue weighted by Gasteiger charge is -2.03. The molecule has 2 rings (SSSR count). The Morgan fingerprint density at radius 2 is 2.15 bits per heavy atom. The summed E-state index contributed by atoms with van der Waals surface area (Å²) in [5, 5.41) is 4.70. The van der Waals surface area contributed by atoms with Crippen LogP contribution in [0.2, 0.25) is 0 Å². The quantitative estimate of drug-likeness (QED) is 0.924. The van der Waals surface area contributed by atoms with Gasteiger partial charge in [-0.1, -0.05) is 13.8 Å². The van der Waals surface area contributed by atoms with Crippen molar-refractivity contribution < 1.29 is 13.6 Å². The fraction of sp³-hybridized carbons (Fsp3) is 0.286. The van der Waals surface area contributed by atoms with E-state index in [2.05, 4.69) is 10.3 Å². The second-order valence-corrected chi connectivity index (χ2v) is 5.67. The van der Waals surface area contributed by atoms with Gasteiger partial charge in [0.15, 0.2) is 5.13 Å². The predicted octanol–water partition coefficient (Wildman–Crippen LogP) is 4.07. The molecular weight excluding hydrogens is 282 g/mol. The lowest BCUT2D eigenvalue weighted by Crippen LogP contribution is -2.13. The highest BCUT2D eigenvalue weighted by Crippen LogP contribution is 2.27. The monoisotopic (exact) mass is 296 g/mol. The van der Waals surface area contributed by atoms with Crippen molar-refractivity contribution in [3.8, 4) is 11.3 Å². The minimum atomic E-state index is -0.671. The summed E-state index contributed by atoms with van der Waals surface area (Å²) in [6, 6.07) is 3.32. The first-order valence-corrected chi connectivity index (χ1v) is 7.04. The highest BCUT2D eigenvalue weighted by atomic mass is 32.1. The fourth-order valence-electron chi connectivity index (χ4n) is 1.69. The van der Waals surface area contributed by atoms with Gasteiger partial charge in [0.2, 0.25) is 5.91 Å². The van der Waals surface area contributed by atoms with E-state index in [1.54, 1.807) is 5.38 Å². The van der Waals surface area contributed by atoms with Gasteiger partial charge in [0.1, 0.15) is 11.6 Å². The smallest absolute Gasteiger partial charge is 0.226 e. The van der Waals surface area contributed by atoms with E-state index in [1.165, 1.54) is 23.5 Å². The molecule has 1 N–H and O–H groups in total. The lowest BCUT2D eigenvalue weighted by atomic mass is 10.1. The topological polar surface area (TPSA) is 42.0 Å². The van der Waals surface area contributed by atoms with Crippen LogP contribution in [-0.2, 0) is 4.79 Å². The molecule has 0 radical (unpaired) electrons. The molecule has 0 aliphatic rings. The Kier molecular flexibility index (Phi) is 4.44. The molecule has 0 aliphatic heterocycles. The lowest BCUT2D eigenvalue weighted by molar-refractivity contribution is -0.116. The molecule has 1 aromatic carbocycles. The fourth-order valence-corrected chi connectivity index (χ4v) is 2.42. The number of aromatic nitrogens is 1. The number of hydrogen-bond acceptors (Lipinski definition) is 3. The standard InChI is InChI=1S/C14H14F2N2OS/c1-8(2)5-13(19)18-14-17-12(7-20-14)10-4-3-9(15)6-11(10)16/h3-4,6-8H,5H2,1-2H3,(H,17,18,19). The Labute approximate surface area is 119 Å². The third-order valence-electron chi connectivity index (χ3n) is 2.55. The van der Waals surface area contributed by atoms with Gasteiger partial charge in [0.25, 0.3) is 0 Å². The van der Waals surface area contributed by atoms with Gasteiger partial charge in [-0.2, -0.15) is 0 Å². The molecule has 20 heavy (non-hydrogen) atoms. The molecule has 0 atom stereocenters. The number of hydrogen-bond donors (Lipinski definition) is 1. The summed E-state index contributed by atoms with van der Waals surface area (Å²) in [5.74, 6) is -1.17. The maximum Gasteiger partial charge on any atom is 0.226 e. The first-order valence-electron chi connectivity index (χ1n) is 6.16. The van der Waals surface area contributed by atoms with E-state index >= 15 is 0 Å². The maximum absolute atomic E-state index is 13.6. The van der Waals surface area contributed by atoms with Gasteiger partial charge in [-0.3, -0.25) is 4.79 Å². The number of halogens is 2. The van der Waals surface area contributed by atoms with Gasteiger partial charge < -0.3 is 5.32 Å². The van der Waals surface area contributed by atoms with Crippen molar-refractivity contribution in [2.75, 3.05) is 5.32 Å². The number of benzene rings is 1. The van der Waals surface area contributed by atoms with Crippen molar-refractivity contribution in [1.82, 2.24) is 4.98 Å². The van der Waals surface area contributed by atoms with Crippen LogP contribution in [0.5, 0.6) is 0 Å². The van der Waals surface area contributed by atoms with Crippen LogP contribution < -0.4 is 5.32 Å². The number of rotatable bonds is 4. The number of amides is 1. The van der Waals surface area contributed by atoms with E-state index in [1.807, 2.05) is 13.8 Å². The molecule has 3 nitrogen and oxygen atoms in total. The third-order valence-corrected chi connectivity index (χ3v) is 3.31. The number of nitrogens with one attached hydrogen (secondary N) is 1. The largest absolute Gasteiger partial charge is 0.302 e. The Morgan fingerprint density at radius 3 is 2.80 bits per heavy atom. The highest BCUT2D eigenvalue weighted by Gasteiger charge is 2.12. The second-order valence-electron chi connectivity index (χ2n) is 4.81. The van der Waals surface area contributed by atoms with Crippen molar-refractivity contribution in [3.05, 3.63) is 35.2 Å². The summed E-state index contributed by atoms with van der Waals surface area (Å²) >= 11 is 1.21. The molecule has 0 bridgehead atoms. The highest BCUT2D eigenvalue weighted by molar-refractivity contribution is 7.14. The van der Waals surface area contributed by atoms with E-state index in [4.69, 9.17) is 0 Å². The Morgan fingerprint density at radius 1 is 1.40 bits per heavy atom. The minimum Gasteiger partial charge on any atom is -0.302 e. The van der Waals surface area contributed by atoms with Crippen LogP contribution in [-0.4, -0.2) is 10.9 Å². The van der Waals surface area contributed by atoms with Crippen molar-refractivity contribution >= 4 is 22.4 Å². The van der Waals surface area contributed by atoms with Crippen molar-refractivity contribution in [1.29, 1.82) is 0 Å². The minimum absolute atomic E-state index is 0.125. The number of thiazole rings is 1. The van der Waals surface area contributed by atoms with E-state index in [9.17, 15) is 13.6 Å². The molecule has 0 unspecified atom stereocenters. The number of carbonyl (C=O) groups excluding carboxylic acids is 1. The van der Waals surface area contributed by atoms with Gasteiger partial charge in [0, 0.05) is 23.4 Å². The molecule has 6 heteroatoms. The zero-order valence-electron chi connectivity index (χ0n) is 11.1. The number of anilines is 1. The van der Waals surface area contributed by atoms with Crippen molar-refractivity contribution in [2.45, 2.75) is 20.3 Å². The van der Waals surface area contributed by atoms with Crippen LogP contribution in [0, 0.1) is 17.6 Å². The molecular formula is C14H14F2N2OS. The maximum atomic E-state index is 13.6.